The zero-order chi connectivity index (χ0) is 10.7. The number of aromatic nitrogens is 1. The first-order valence-electron chi connectivity index (χ1n) is 4.76. The Morgan fingerprint density at radius 1 is 1.43 bits per heavy atom. The van der Waals surface area contributed by atoms with E-state index in [1.54, 1.807) is 0 Å². The van der Waals surface area contributed by atoms with Gasteiger partial charge in [0, 0.05) is 12.6 Å². The van der Waals surface area contributed by atoms with Crippen LogP contribution in [0.25, 0.3) is 0 Å². The highest BCUT2D eigenvalue weighted by molar-refractivity contribution is 5.87. The van der Waals surface area contributed by atoms with Crippen LogP contribution in [0.2, 0.25) is 0 Å². The Kier molecular flexibility index (Phi) is 3.23. The van der Waals surface area contributed by atoms with Crippen LogP contribution in [-0.2, 0) is 4.79 Å². The van der Waals surface area contributed by atoms with Gasteiger partial charge in [-0.15, -0.1) is 0 Å². The Morgan fingerprint density at radius 3 is 2.50 bits per heavy atom. The van der Waals surface area contributed by atoms with E-state index in [1.807, 2.05) is 19.1 Å². The molecule has 76 valence electrons. The first-order chi connectivity index (χ1) is 6.50. The summed E-state index contributed by atoms with van der Waals surface area (Å²) in [6, 6.07) is 3.85. The molecule has 1 N–H and O–H groups in total. The first kappa shape index (κ1) is 10.7. The van der Waals surface area contributed by atoms with E-state index >= 15 is 0 Å². The summed E-state index contributed by atoms with van der Waals surface area (Å²) in [5, 5.41) is 2.66. The Hall–Kier alpha value is -1.38. The van der Waals surface area contributed by atoms with Crippen LogP contribution in [-0.4, -0.2) is 10.9 Å². The normalized spacial score (nSPS) is 10.4. The monoisotopic (exact) mass is 192 g/mol. The van der Waals surface area contributed by atoms with Gasteiger partial charge in [-0.05, 0) is 24.5 Å². The lowest BCUT2D eigenvalue weighted by atomic mass is 10.0. The highest BCUT2D eigenvalue weighted by Gasteiger charge is 2.05. The largest absolute Gasteiger partial charge is 0.311 e. The minimum absolute atomic E-state index is 0.0887. The molecule has 0 unspecified atom stereocenters. The molecule has 0 bridgehead atoms. The fourth-order valence-corrected chi connectivity index (χ4v) is 1.43. The van der Waals surface area contributed by atoms with E-state index in [0.717, 1.165) is 5.69 Å². The second-order valence-corrected chi connectivity index (χ2v) is 3.71. The van der Waals surface area contributed by atoms with Crippen molar-refractivity contribution in [1.82, 2.24) is 4.98 Å². The van der Waals surface area contributed by atoms with Gasteiger partial charge in [-0.25, -0.2) is 4.98 Å². The van der Waals surface area contributed by atoms with Crippen LogP contribution >= 0.6 is 0 Å². The quantitative estimate of drug-likeness (QED) is 0.782. The average Bonchev–Trinajstić information content (AvgIpc) is 2.01. The van der Waals surface area contributed by atoms with Gasteiger partial charge in [-0.1, -0.05) is 19.9 Å². The van der Waals surface area contributed by atoms with E-state index < -0.39 is 0 Å². The second kappa shape index (κ2) is 4.22. The number of nitrogens with one attached hydrogen (secondary N) is 1. The minimum Gasteiger partial charge on any atom is -0.311 e. The maximum Gasteiger partial charge on any atom is 0.222 e. The maximum absolute atomic E-state index is 10.8. The molecule has 0 aromatic carbocycles. The Bertz CT molecular complexity index is 345. The number of hydrogen-bond donors (Lipinski definition) is 1. The SMILES string of the molecule is CC(=O)Nc1ccc(C(C)C)c(C)n1. The molecule has 14 heavy (non-hydrogen) atoms. The fourth-order valence-electron chi connectivity index (χ4n) is 1.43. The van der Waals surface area contributed by atoms with Crippen molar-refractivity contribution >= 4 is 11.7 Å². The minimum atomic E-state index is -0.0887. The molecule has 0 saturated heterocycles. The summed E-state index contributed by atoms with van der Waals surface area (Å²) in [6.45, 7) is 7.69. The Labute approximate surface area is 84.6 Å². The summed E-state index contributed by atoms with van der Waals surface area (Å²) in [5.74, 6) is 1.00. The van der Waals surface area contributed by atoms with E-state index in [2.05, 4.69) is 24.1 Å². The number of carbonyl (C=O) groups excluding carboxylic acids is 1. The molecule has 0 spiro atoms. The van der Waals surface area contributed by atoms with Crippen LogP contribution in [0, 0.1) is 6.92 Å². The number of carbonyl (C=O) groups is 1. The third kappa shape index (κ3) is 2.55. The lowest BCUT2D eigenvalue weighted by molar-refractivity contribution is -0.114. The molecule has 0 aliphatic carbocycles. The number of pyridine rings is 1. The van der Waals surface area contributed by atoms with Crippen molar-refractivity contribution in [2.75, 3.05) is 5.32 Å². The van der Waals surface area contributed by atoms with Gasteiger partial charge in [-0.2, -0.15) is 0 Å². The molecule has 1 aromatic rings. The summed E-state index contributed by atoms with van der Waals surface area (Å²) < 4.78 is 0. The second-order valence-electron chi connectivity index (χ2n) is 3.71. The van der Waals surface area contributed by atoms with Crippen LogP contribution < -0.4 is 5.32 Å². The maximum atomic E-state index is 10.8. The van der Waals surface area contributed by atoms with Gasteiger partial charge in [0.2, 0.25) is 5.91 Å². The molecule has 3 nitrogen and oxygen atoms in total. The third-order valence-corrected chi connectivity index (χ3v) is 2.05. The highest BCUT2D eigenvalue weighted by Crippen LogP contribution is 2.18. The van der Waals surface area contributed by atoms with Crippen molar-refractivity contribution in [3.8, 4) is 0 Å². The van der Waals surface area contributed by atoms with Crippen LogP contribution in [0.4, 0.5) is 5.82 Å². The molecule has 0 saturated carbocycles. The summed E-state index contributed by atoms with van der Waals surface area (Å²) in [6.07, 6.45) is 0. The molecule has 1 aromatic heterocycles. The average molecular weight is 192 g/mol. The van der Waals surface area contributed by atoms with Crippen LogP contribution in [0.3, 0.4) is 0 Å². The molecule has 0 fully saturated rings. The Morgan fingerprint density at radius 2 is 2.07 bits per heavy atom. The smallest absolute Gasteiger partial charge is 0.222 e. The number of rotatable bonds is 2. The van der Waals surface area contributed by atoms with Crippen molar-refractivity contribution in [2.45, 2.75) is 33.6 Å². The van der Waals surface area contributed by atoms with Gasteiger partial charge in [0.25, 0.3) is 0 Å². The van der Waals surface area contributed by atoms with E-state index in [1.165, 1.54) is 12.5 Å². The number of anilines is 1. The number of amides is 1. The first-order valence-corrected chi connectivity index (χ1v) is 4.76. The molecule has 1 amide bonds. The highest BCUT2D eigenvalue weighted by atomic mass is 16.1. The van der Waals surface area contributed by atoms with E-state index in [4.69, 9.17) is 0 Å². The lowest BCUT2D eigenvalue weighted by Crippen LogP contribution is -2.08. The van der Waals surface area contributed by atoms with Crippen LogP contribution in [0.15, 0.2) is 12.1 Å². The molecule has 3 heteroatoms. The topological polar surface area (TPSA) is 42.0 Å². The molecule has 0 aliphatic rings. The predicted octanol–water partition coefficient (Wildman–Crippen LogP) is 2.47. The molecular weight excluding hydrogens is 176 g/mol. The Balaban J connectivity index is 2.94. The summed E-state index contributed by atoms with van der Waals surface area (Å²) >= 11 is 0. The van der Waals surface area contributed by atoms with E-state index in [9.17, 15) is 4.79 Å². The summed E-state index contributed by atoms with van der Waals surface area (Å²) in [7, 11) is 0. The van der Waals surface area contributed by atoms with Gasteiger partial charge >= 0.3 is 0 Å². The molecule has 0 radical (unpaired) electrons. The standard InChI is InChI=1S/C11H16N2O/c1-7(2)10-5-6-11(12-8(10)3)13-9(4)14/h5-7H,1-4H3,(H,12,13,14). The third-order valence-electron chi connectivity index (χ3n) is 2.05. The molecular formula is C11H16N2O. The number of hydrogen-bond acceptors (Lipinski definition) is 2. The summed E-state index contributed by atoms with van der Waals surface area (Å²) in [4.78, 5) is 15.1. The predicted molar refractivity (Wildman–Crippen MR) is 57.4 cm³/mol. The zero-order valence-electron chi connectivity index (χ0n) is 9.09. The molecule has 1 rings (SSSR count). The van der Waals surface area contributed by atoms with Gasteiger partial charge in [0.05, 0.1) is 0 Å². The van der Waals surface area contributed by atoms with Crippen molar-refractivity contribution in [3.63, 3.8) is 0 Å². The van der Waals surface area contributed by atoms with Gasteiger partial charge in [-0.3, -0.25) is 4.79 Å². The van der Waals surface area contributed by atoms with Gasteiger partial charge < -0.3 is 5.32 Å². The van der Waals surface area contributed by atoms with Crippen LogP contribution in [0.5, 0.6) is 0 Å². The van der Waals surface area contributed by atoms with Crippen molar-refractivity contribution < 1.29 is 4.79 Å². The number of aryl methyl sites for hydroxylation is 1. The van der Waals surface area contributed by atoms with Crippen LogP contribution in [0.1, 0.15) is 37.9 Å². The van der Waals surface area contributed by atoms with Crippen molar-refractivity contribution in [3.05, 3.63) is 23.4 Å². The van der Waals surface area contributed by atoms with E-state index in [-0.39, 0.29) is 5.91 Å². The fraction of sp³-hybridized carbons (Fsp3) is 0.455. The number of nitrogens with zero attached hydrogens (tertiary/aromatic N) is 1. The van der Waals surface area contributed by atoms with Crippen molar-refractivity contribution in [2.24, 2.45) is 0 Å². The molecule has 1 heterocycles. The summed E-state index contributed by atoms with van der Waals surface area (Å²) in [5.41, 5.74) is 2.20. The van der Waals surface area contributed by atoms with Gasteiger partial charge in [0.1, 0.15) is 5.82 Å². The van der Waals surface area contributed by atoms with Crippen molar-refractivity contribution in [1.29, 1.82) is 0 Å². The molecule has 0 aliphatic heterocycles. The molecule has 0 atom stereocenters. The van der Waals surface area contributed by atoms with Gasteiger partial charge in [0.15, 0.2) is 0 Å². The lowest BCUT2D eigenvalue weighted by Gasteiger charge is -2.10. The van der Waals surface area contributed by atoms with E-state index in [0.29, 0.717) is 11.7 Å². The zero-order valence-corrected chi connectivity index (χ0v) is 9.09.